The van der Waals surface area contributed by atoms with Gasteiger partial charge in [0.05, 0.1) is 20.2 Å². The Morgan fingerprint density at radius 3 is 2.76 bits per heavy atom. The number of halogens is 1. The Morgan fingerprint density at radius 1 is 1.47 bits per heavy atom. The maximum Gasteiger partial charge on any atom is 0.261 e. The summed E-state index contributed by atoms with van der Waals surface area (Å²) in [6.45, 7) is 4.47. The molecule has 0 aliphatic rings. The maximum absolute atomic E-state index is 11.9. The average molecular weight is 331 g/mol. The zero-order valence-electron chi connectivity index (χ0n) is 9.41. The Labute approximate surface area is 116 Å². The van der Waals surface area contributed by atoms with Crippen LogP contribution >= 0.6 is 38.6 Å². The highest BCUT2D eigenvalue weighted by Gasteiger charge is 2.11. The van der Waals surface area contributed by atoms with Crippen molar-refractivity contribution in [1.29, 1.82) is 0 Å². The molecule has 0 fully saturated rings. The monoisotopic (exact) mass is 330 g/mol. The Kier molecular flexibility index (Phi) is 3.96. The largest absolute Gasteiger partial charge is 0.346 e. The number of carbonyl (C=O) groups is 1. The van der Waals surface area contributed by atoms with Crippen molar-refractivity contribution < 1.29 is 4.79 Å². The molecule has 2 rings (SSSR count). The van der Waals surface area contributed by atoms with Gasteiger partial charge in [-0.2, -0.15) is 0 Å². The Morgan fingerprint density at radius 2 is 2.24 bits per heavy atom. The maximum atomic E-state index is 11.9. The smallest absolute Gasteiger partial charge is 0.261 e. The number of hydrogen-bond donors (Lipinski definition) is 1. The summed E-state index contributed by atoms with van der Waals surface area (Å²) in [7, 11) is 0. The quantitative estimate of drug-likeness (QED) is 0.935. The summed E-state index contributed by atoms with van der Waals surface area (Å²) in [6.07, 6.45) is 1.80. The molecule has 0 aliphatic carbocycles. The third-order valence-electron chi connectivity index (χ3n) is 2.17. The first-order valence-electron chi connectivity index (χ1n) is 5.01. The number of carbonyl (C=O) groups excluding carboxylic acids is 1. The molecule has 2 aromatic rings. The van der Waals surface area contributed by atoms with E-state index in [0.717, 1.165) is 24.1 Å². The first kappa shape index (κ1) is 12.7. The van der Waals surface area contributed by atoms with Crippen molar-refractivity contribution in [2.24, 2.45) is 0 Å². The molecule has 0 aliphatic heterocycles. The first-order valence-corrected chi connectivity index (χ1v) is 7.44. The van der Waals surface area contributed by atoms with Gasteiger partial charge in [-0.05, 0) is 41.4 Å². The lowest BCUT2D eigenvalue weighted by molar-refractivity contribution is 0.0955. The van der Waals surface area contributed by atoms with Crippen molar-refractivity contribution in [3.63, 3.8) is 0 Å². The molecular formula is C11H11BrN2OS2. The number of aryl methyl sites for hydroxylation is 2. The highest BCUT2D eigenvalue weighted by molar-refractivity contribution is 9.11. The van der Waals surface area contributed by atoms with E-state index in [1.165, 1.54) is 11.3 Å². The Hall–Kier alpha value is -0.720. The fourth-order valence-electron chi connectivity index (χ4n) is 1.31. The van der Waals surface area contributed by atoms with Gasteiger partial charge in [0.2, 0.25) is 0 Å². The zero-order chi connectivity index (χ0) is 12.4. The van der Waals surface area contributed by atoms with Gasteiger partial charge in [0, 0.05) is 11.1 Å². The molecule has 0 unspecified atom stereocenters. The fourth-order valence-corrected chi connectivity index (χ4v) is 3.50. The minimum atomic E-state index is -0.0325. The van der Waals surface area contributed by atoms with E-state index in [0.29, 0.717) is 6.54 Å². The van der Waals surface area contributed by atoms with E-state index >= 15 is 0 Å². The van der Waals surface area contributed by atoms with Gasteiger partial charge in [-0.1, -0.05) is 0 Å². The number of aromatic nitrogens is 1. The van der Waals surface area contributed by atoms with Gasteiger partial charge in [-0.25, -0.2) is 4.98 Å². The molecule has 0 radical (unpaired) electrons. The van der Waals surface area contributed by atoms with E-state index in [9.17, 15) is 4.79 Å². The number of thiazole rings is 1. The SMILES string of the molecule is Cc1ncc(CNC(=O)c2cc(C)c(Br)s2)s1. The first-order chi connectivity index (χ1) is 8.06. The molecule has 0 saturated heterocycles. The van der Waals surface area contributed by atoms with Crippen molar-refractivity contribution in [2.45, 2.75) is 20.4 Å². The van der Waals surface area contributed by atoms with Gasteiger partial charge in [0.15, 0.2) is 0 Å². The lowest BCUT2D eigenvalue weighted by Crippen LogP contribution is -2.21. The van der Waals surface area contributed by atoms with Gasteiger partial charge < -0.3 is 5.32 Å². The summed E-state index contributed by atoms with van der Waals surface area (Å²) in [5.74, 6) is -0.0325. The number of nitrogens with zero attached hydrogens (tertiary/aromatic N) is 1. The van der Waals surface area contributed by atoms with Crippen molar-refractivity contribution in [3.05, 3.63) is 36.4 Å². The summed E-state index contributed by atoms with van der Waals surface area (Å²) >= 11 is 6.47. The van der Waals surface area contributed by atoms with Gasteiger partial charge >= 0.3 is 0 Å². The van der Waals surface area contributed by atoms with E-state index in [-0.39, 0.29) is 5.91 Å². The van der Waals surface area contributed by atoms with Crippen LogP contribution in [-0.2, 0) is 6.54 Å². The molecule has 2 heterocycles. The molecule has 1 N–H and O–H groups in total. The standard InChI is InChI=1S/C11H11BrN2OS2/c1-6-3-9(17-10(6)12)11(15)14-5-8-4-13-7(2)16-8/h3-4H,5H2,1-2H3,(H,14,15). The zero-order valence-corrected chi connectivity index (χ0v) is 12.6. The number of nitrogens with one attached hydrogen (secondary N) is 1. The van der Waals surface area contributed by atoms with Gasteiger partial charge in [-0.3, -0.25) is 4.79 Å². The van der Waals surface area contributed by atoms with Crippen LogP contribution in [-0.4, -0.2) is 10.9 Å². The molecule has 0 saturated carbocycles. The Bertz CT molecular complexity index is 528. The van der Waals surface area contributed by atoms with E-state index in [1.807, 2.05) is 19.9 Å². The van der Waals surface area contributed by atoms with Crippen molar-refractivity contribution >= 4 is 44.5 Å². The topological polar surface area (TPSA) is 42.0 Å². The van der Waals surface area contributed by atoms with Crippen LogP contribution in [0.4, 0.5) is 0 Å². The van der Waals surface area contributed by atoms with E-state index in [1.54, 1.807) is 17.5 Å². The van der Waals surface area contributed by atoms with Gasteiger partial charge in [0.25, 0.3) is 5.91 Å². The summed E-state index contributed by atoms with van der Waals surface area (Å²) in [5, 5.41) is 3.91. The third kappa shape index (κ3) is 3.14. The molecule has 0 spiro atoms. The lowest BCUT2D eigenvalue weighted by atomic mass is 10.3. The van der Waals surface area contributed by atoms with Crippen LogP contribution in [0, 0.1) is 13.8 Å². The molecule has 1 amide bonds. The second kappa shape index (κ2) is 5.29. The average Bonchev–Trinajstić information content (AvgIpc) is 2.83. The second-order valence-electron chi connectivity index (χ2n) is 3.60. The molecule has 3 nitrogen and oxygen atoms in total. The molecular weight excluding hydrogens is 320 g/mol. The van der Waals surface area contributed by atoms with Crippen molar-refractivity contribution in [3.8, 4) is 0 Å². The molecule has 0 bridgehead atoms. The summed E-state index contributed by atoms with van der Waals surface area (Å²) in [5.41, 5.74) is 1.09. The number of amides is 1. The van der Waals surface area contributed by atoms with Gasteiger partial charge in [0.1, 0.15) is 0 Å². The van der Waals surface area contributed by atoms with Crippen LogP contribution < -0.4 is 5.32 Å². The Balaban J connectivity index is 1.98. The fraction of sp³-hybridized carbons (Fsp3) is 0.273. The predicted molar refractivity (Wildman–Crippen MR) is 74.8 cm³/mol. The molecule has 0 atom stereocenters. The summed E-state index contributed by atoms with van der Waals surface area (Å²) < 4.78 is 1.01. The molecule has 17 heavy (non-hydrogen) atoms. The minimum absolute atomic E-state index is 0.0325. The third-order valence-corrected chi connectivity index (χ3v) is 5.22. The van der Waals surface area contributed by atoms with Crippen molar-refractivity contribution in [1.82, 2.24) is 10.3 Å². The van der Waals surface area contributed by atoms with Crippen LogP contribution in [0.25, 0.3) is 0 Å². The highest BCUT2D eigenvalue weighted by atomic mass is 79.9. The number of hydrogen-bond acceptors (Lipinski definition) is 4. The molecule has 6 heteroatoms. The highest BCUT2D eigenvalue weighted by Crippen LogP contribution is 2.27. The van der Waals surface area contributed by atoms with Crippen molar-refractivity contribution in [2.75, 3.05) is 0 Å². The minimum Gasteiger partial charge on any atom is -0.346 e. The number of rotatable bonds is 3. The molecule has 90 valence electrons. The normalized spacial score (nSPS) is 10.5. The van der Waals surface area contributed by atoms with Crippen LogP contribution in [0.1, 0.15) is 25.1 Å². The van der Waals surface area contributed by atoms with Crippen LogP contribution in [0.5, 0.6) is 0 Å². The summed E-state index contributed by atoms with van der Waals surface area (Å²) in [6, 6.07) is 1.89. The van der Waals surface area contributed by atoms with E-state index < -0.39 is 0 Å². The summed E-state index contributed by atoms with van der Waals surface area (Å²) in [4.78, 5) is 17.8. The lowest BCUT2D eigenvalue weighted by Gasteiger charge is -1.99. The predicted octanol–water partition coefficient (Wildman–Crippen LogP) is 3.51. The van der Waals surface area contributed by atoms with E-state index in [4.69, 9.17) is 0 Å². The van der Waals surface area contributed by atoms with Crippen LogP contribution in [0.3, 0.4) is 0 Å². The van der Waals surface area contributed by atoms with Crippen LogP contribution in [0.15, 0.2) is 16.0 Å². The molecule has 0 aromatic carbocycles. The second-order valence-corrected chi connectivity index (χ2v) is 7.29. The van der Waals surface area contributed by atoms with Crippen LogP contribution in [0.2, 0.25) is 0 Å². The molecule has 2 aromatic heterocycles. The van der Waals surface area contributed by atoms with E-state index in [2.05, 4.69) is 26.2 Å². The number of thiophene rings is 1. The van der Waals surface area contributed by atoms with Gasteiger partial charge in [-0.15, -0.1) is 22.7 Å².